The Morgan fingerprint density at radius 2 is 2.00 bits per heavy atom. The van der Waals surface area contributed by atoms with Crippen LogP contribution < -0.4 is 10.1 Å². The number of halogens is 1. The average Bonchev–Trinajstić information content (AvgIpc) is 2.88. The number of nitrogens with zero attached hydrogens (tertiary/aromatic N) is 2. The summed E-state index contributed by atoms with van der Waals surface area (Å²) < 4.78 is 8.70. The molecule has 1 aromatic heterocycles. The maximum absolute atomic E-state index is 5.48. The number of nitrogens with one attached hydrogen (secondary N) is 1. The van der Waals surface area contributed by atoms with Crippen molar-refractivity contribution >= 4 is 22.6 Å². The summed E-state index contributed by atoms with van der Waals surface area (Å²) >= 11 is 2.32. The molecule has 2 rings (SSSR count). The molecule has 1 unspecified atom stereocenters. The molecule has 0 aliphatic heterocycles. The number of benzene rings is 1. The van der Waals surface area contributed by atoms with Crippen molar-refractivity contribution in [3.63, 3.8) is 0 Å². The van der Waals surface area contributed by atoms with Crippen molar-refractivity contribution in [2.75, 3.05) is 13.7 Å². The van der Waals surface area contributed by atoms with Gasteiger partial charge in [-0.1, -0.05) is 19.1 Å². The SMILES string of the molecule is CCNC(c1ccc(I)cc1)c1c(OC)cnn1CC. The first-order valence-corrected chi connectivity index (χ1v) is 7.87. The normalized spacial score (nSPS) is 12.4. The van der Waals surface area contributed by atoms with E-state index in [0.29, 0.717) is 0 Å². The van der Waals surface area contributed by atoms with Gasteiger partial charge in [0, 0.05) is 10.1 Å². The smallest absolute Gasteiger partial charge is 0.161 e. The van der Waals surface area contributed by atoms with Crippen LogP contribution in [0.1, 0.15) is 31.1 Å². The molecule has 0 radical (unpaired) electrons. The first kappa shape index (κ1) is 15.3. The standard InChI is InChI=1S/C15H20IN3O/c1-4-17-14(11-6-8-12(16)9-7-11)15-13(20-3)10-18-19(15)5-2/h6-10,14,17H,4-5H2,1-3H3. The Bertz CT molecular complexity index is 529. The van der Waals surface area contributed by atoms with E-state index < -0.39 is 0 Å². The molecule has 0 aliphatic rings. The molecule has 0 bridgehead atoms. The fraction of sp³-hybridized carbons (Fsp3) is 0.400. The number of methoxy groups -OCH3 is 1. The van der Waals surface area contributed by atoms with Crippen LogP contribution in [0.25, 0.3) is 0 Å². The molecule has 0 saturated heterocycles. The van der Waals surface area contributed by atoms with Crippen LogP contribution in [0.2, 0.25) is 0 Å². The first-order chi connectivity index (χ1) is 9.71. The zero-order valence-corrected chi connectivity index (χ0v) is 14.2. The quantitative estimate of drug-likeness (QED) is 0.777. The third-order valence-corrected chi connectivity index (χ3v) is 3.97. The van der Waals surface area contributed by atoms with Gasteiger partial charge in [-0.25, -0.2) is 0 Å². The Morgan fingerprint density at radius 1 is 1.30 bits per heavy atom. The molecule has 1 atom stereocenters. The molecule has 0 amide bonds. The van der Waals surface area contributed by atoms with Crippen LogP contribution in [0.15, 0.2) is 30.5 Å². The molecule has 0 saturated carbocycles. The maximum atomic E-state index is 5.48. The number of hydrogen-bond acceptors (Lipinski definition) is 3. The van der Waals surface area contributed by atoms with Crippen LogP contribution in [-0.4, -0.2) is 23.4 Å². The summed E-state index contributed by atoms with van der Waals surface area (Å²) in [6.07, 6.45) is 1.79. The van der Waals surface area contributed by atoms with Gasteiger partial charge < -0.3 is 10.1 Å². The van der Waals surface area contributed by atoms with E-state index in [1.54, 1.807) is 13.3 Å². The Morgan fingerprint density at radius 3 is 2.55 bits per heavy atom. The first-order valence-electron chi connectivity index (χ1n) is 6.79. The predicted molar refractivity (Wildman–Crippen MR) is 89.1 cm³/mol. The average molecular weight is 385 g/mol. The highest BCUT2D eigenvalue weighted by molar-refractivity contribution is 14.1. The van der Waals surface area contributed by atoms with Crippen LogP contribution in [0, 0.1) is 3.57 Å². The van der Waals surface area contributed by atoms with Gasteiger partial charge in [-0.15, -0.1) is 0 Å². The van der Waals surface area contributed by atoms with Crippen LogP contribution in [0.3, 0.4) is 0 Å². The highest BCUT2D eigenvalue weighted by atomic mass is 127. The van der Waals surface area contributed by atoms with Crippen LogP contribution >= 0.6 is 22.6 Å². The monoisotopic (exact) mass is 385 g/mol. The minimum atomic E-state index is 0.0920. The molecular formula is C15H20IN3O. The molecule has 0 fully saturated rings. The predicted octanol–water partition coefficient (Wildman–Crippen LogP) is 3.22. The highest BCUT2D eigenvalue weighted by Gasteiger charge is 2.22. The van der Waals surface area contributed by atoms with E-state index in [1.807, 2.05) is 4.68 Å². The summed E-state index contributed by atoms with van der Waals surface area (Å²) in [4.78, 5) is 0. The fourth-order valence-corrected chi connectivity index (χ4v) is 2.67. The minimum Gasteiger partial charge on any atom is -0.493 e. The van der Waals surface area contributed by atoms with Crippen LogP contribution in [0.5, 0.6) is 5.75 Å². The molecule has 1 heterocycles. The van der Waals surface area contributed by atoms with Crippen molar-refractivity contribution in [3.8, 4) is 5.75 Å². The van der Waals surface area contributed by atoms with E-state index in [-0.39, 0.29) is 6.04 Å². The molecule has 2 aromatic rings. The minimum absolute atomic E-state index is 0.0920. The lowest BCUT2D eigenvalue weighted by molar-refractivity contribution is 0.399. The van der Waals surface area contributed by atoms with Crippen molar-refractivity contribution in [1.82, 2.24) is 15.1 Å². The van der Waals surface area contributed by atoms with Crippen molar-refractivity contribution in [3.05, 3.63) is 45.3 Å². The summed E-state index contributed by atoms with van der Waals surface area (Å²) in [6, 6.07) is 8.65. The Hall–Kier alpha value is -1.08. The number of ether oxygens (including phenoxy) is 1. The Kier molecular flexibility index (Phi) is 5.42. The van der Waals surface area contributed by atoms with Crippen LogP contribution in [0.4, 0.5) is 0 Å². The van der Waals surface area contributed by atoms with Crippen molar-refractivity contribution in [1.29, 1.82) is 0 Å². The van der Waals surface area contributed by atoms with Gasteiger partial charge in [-0.2, -0.15) is 5.10 Å². The van der Waals surface area contributed by atoms with Gasteiger partial charge in [0.1, 0.15) is 5.69 Å². The third-order valence-electron chi connectivity index (χ3n) is 3.25. The van der Waals surface area contributed by atoms with Crippen molar-refractivity contribution in [2.45, 2.75) is 26.4 Å². The molecule has 1 N–H and O–H groups in total. The second-order valence-corrected chi connectivity index (χ2v) is 5.70. The van der Waals surface area contributed by atoms with Gasteiger partial charge in [-0.05, 0) is 53.8 Å². The van der Waals surface area contributed by atoms with Crippen LogP contribution in [-0.2, 0) is 6.54 Å². The Labute approximate surface area is 133 Å². The third kappa shape index (κ3) is 3.15. The summed E-state index contributed by atoms with van der Waals surface area (Å²) in [5.41, 5.74) is 2.30. The summed E-state index contributed by atoms with van der Waals surface area (Å²) in [5.74, 6) is 0.830. The lowest BCUT2D eigenvalue weighted by Gasteiger charge is -2.21. The van der Waals surface area contributed by atoms with E-state index in [9.17, 15) is 0 Å². The zero-order valence-electron chi connectivity index (χ0n) is 12.1. The van der Waals surface area contributed by atoms with Crippen molar-refractivity contribution < 1.29 is 4.74 Å². The molecule has 20 heavy (non-hydrogen) atoms. The molecule has 108 valence electrons. The molecule has 4 nitrogen and oxygen atoms in total. The highest BCUT2D eigenvalue weighted by Crippen LogP contribution is 2.30. The number of aryl methyl sites for hydroxylation is 1. The van der Waals surface area contributed by atoms with Gasteiger partial charge in [0.25, 0.3) is 0 Å². The van der Waals surface area contributed by atoms with E-state index >= 15 is 0 Å². The molecule has 5 heteroatoms. The Balaban J connectivity index is 2.47. The van der Waals surface area contributed by atoms with Gasteiger partial charge in [0.2, 0.25) is 0 Å². The lowest BCUT2D eigenvalue weighted by Crippen LogP contribution is -2.25. The maximum Gasteiger partial charge on any atom is 0.161 e. The number of rotatable bonds is 6. The fourth-order valence-electron chi connectivity index (χ4n) is 2.31. The van der Waals surface area contributed by atoms with Gasteiger partial charge >= 0.3 is 0 Å². The molecule has 0 aliphatic carbocycles. The molecule has 1 aromatic carbocycles. The van der Waals surface area contributed by atoms with Gasteiger partial charge in [-0.3, -0.25) is 4.68 Å². The molecular weight excluding hydrogens is 365 g/mol. The number of aromatic nitrogens is 2. The largest absolute Gasteiger partial charge is 0.493 e. The second kappa shape index (κ2) is 7.08. The van der Waals surface area contributed by atoms with Gasteiger partial charge in [0.15, 0.2) is 5.75 Å². The van der Waals surface area contributed by atoms with Crippen molar-refractivity contribution in [2.24, 2.45) is 0 Å². The van der Waals surface area contributed by atoms with E-state index in [4.69, 9.17) is 4.74 Å². The van der Waals surface area contributed by atoms with Gasteiger partial charge in [0.05, 0.1) is 19.3 Å². The molecule has 0 spiro atoms. The van der Waals surface area contributed by atoms with E-state index in [0.717, 1.165) is 24.5 Å². The second-order valence-electron chi connectivity index (χ2n) is 4.46. The lowest BCUT2D eigenvalue weighted by atomic mass is 10.0. The number of hydrogen-bond donors (Lipinski definition) is 1. The topological polar surface area (TPSA) is 39.1 Å². The summed E-state index contributed by atoms with van der Waals surface area (Å²) in [6.45, 7) is 5.91. The zero-order chi connectivity index (χ0) is 14.5. The van der Waals surface area contributed by atoms with E-state index in [2.05, 4.69) is 71.1 Å². The van der Waals surface area contributed by atoms with E-state index in [1.165, 1.54) is 9.13 Å². The summed E-state index contributed by atoms with van der Waals surface area (Å²) in [5, 5.41) is 7.93. The summed E-state index contributed by atoms with van der Waals surface area (Å²) in [7, 11) is 1.69.